The van der Waals surface area contributed by atoms with Crippen molar-refractivity contribution in [2.75, 3.05) is 0 Å². The van der Waals surface area contributed by atoms with Crippen molar-refractivity contribution >= 4 is 5.65 Å². The van der Waals surface area contributed by atoms with Crippen LogP contribution in [0.3, 0.4) is 0 Å². The van der Waals surface area contributed by atoms with Gasteiger partial charge in [-0.1, -0.05) is 26.8 Å². The Morgan fingerprint density at radius 3 is 2.53 bits per heavy atom. The fraction of sp³-hybridized carbons (Fsp3) is 0.500. The van der Waals surface area contributed by atoms with Gasteiger partial charge in [0.05, 0.1) is 11.4 Å². The second kappa shape index (κ2) is 3.84. The maximum atomic E-state index is 6.11. The van der Waals surface area contributed by atoms with E-state index in [1.54, 1.807) is 0 Å². The largest absolute Gasteiger partial charge is 0.323 e. The van der Waals surface area contributed by atoms with Gasteiger partial charge >= 0.3 is 0 Å². The lowest BCUT2D eigenvalue weighted by atomic mass is 9.89. The zero-order valence-corrected chi connectivity index (χ0v) is 11.3. The van der Waals surface area contributed by atoms with Crippen molar-refractivity contribution in [2.24, 2.45) is 5.73 Å². The van der Waals surface area contributed by atoms with Gasteiger partial charge in [0.2, 0.25) is 0 Å². The minimum Gasteiger partial charge on any atom is -0.323 e. The molecule has 2 aromatic heterocycles. The van der Waals surface area contributed by atoms with Gasteiger partial charge in [0.25, 0.3) is 0 Å². The molecule has 2 aromatic rings. The monoisotopic (exact) mass is 231 g/mol. The molecule has 0 aliphatic carbocycles. The topological polar surface area (TPSA) is 43.3 Å². The van der Waals surface area contributed by atoms with Crippen LogP contribution in [0.1, 0.15) is 50.7 Å². The van der Waals surface area contributed by atoms with Gasteiger partial charge in [0.1, 0.15) is 5.65 Å². The van der Waals surface area contributed by atoms with Crippen LogP contribution in [-0.2, 0) is 5.41 Å². The Bertz CT molecular complexity index is 544. The number of nitrogens with zero attached hydrogens (tertiary/aromatic N) is 2. The van der Waals surface area contributed by atoms with E-state index in [4.69, 9.17) is 10.7 Å². The highest BCUT2D eigenvalue weighted by atomic mass is 15.0. The number of hydrogen-bond acceptors (Lipinski definition) is 2. The van der Waals surface area contributed by atoms with E-state index in [2.05, 4.69) is 38.2 Å². The van der Waals surface area contributed by atoms with Gasteiger partial charge in [0, 0.05) is 17.7 Å². The zero-order valence-electron chi connectivity index (χ0n) is 11.3. The molecule has 0 aromatic carbocycles. The molecule has 0 bridgehead atoms. The number of aromatic nitrogens is 2. The predicted molar refractivity (Wildman–Crippen MR) is 71.2 cm³/mol. The third kappa shape index (κ3) is 1.95. The number of nitrogens with two attached hydrogens (primary N) is 1. The molecule has 0 amide bonds. The third-order valence-corrected chi connectivity index (χ3v) is 3.02. The second-order valence-corrected chi connectivity index (χ2v) is 5.77. The minimum atomic E-state index is -0.0129. The molecule has 2 heterocycles. The average molecular weight is 231 g/mol. The molecule has 2 N–H and O–H groups in total. The molecule has 0 aliphatic heterocycles. The molecule has 17 heavy (non-hydrogen) atoms. The minimum absolute atomic E-state index is 0.0129. The fourth-order valence-electron chi connectivity index (χ4n) is 2.21. The van der Waals surface area contributed by atoms with Crippen LogP contribution in [0.2, 0.25) is 0 Å². The van der Waals surface area contributed by atoms with E-state index in [0.29, 0.717) is 0 Å². The van der Waals surface area contributed by atoms with Gasteiger partial charge in [-0.3, -0.25) is 0 Å². The highest BCUT2D eigenvalue weighted by Gasteiger charge is 2.25. The highest BCUT2D eigenvalue weighted by Crippen LogP contribution is 2.30. The Balaban J connectivity index is 2.85. The van der Waals surface area contributed by atoms with Gasteiger partial charge in [-0.15, -0.1) is 0 Å². The lowest BCUT2D eigenvalue weighted by Crippen LogP contribution is -2.19. The number of aryl methyl sites for hydroxylation is 1. The van der Waals surface area contributed by atoms with E-state index in [1.165, 1.54) is 5.56 Å². The van der Waals surface area contributed by atoms with Crippen molar-refractivity contribution in [3.05, 3.63) is 35.3 Å². The van der Waals surface area contributed by atoms with Crippen molar-refractivity contribution in [2.45, 2.75) is 46.1 Å². The zero-order chi connectivity index (χ0) is 12.8. The molecule has 1 atom stereocenters. The van der Waals surface area contributed by atoms with Crippen LogP contribution in [-0.4, -0.2) is 9.38 Å². The number of hydrogen-bond donors (Lipinski definition) is 1. The van der Waals surface area contributed by atoms with Crippen LogP contribution < -0.4 is 5.73 Å². The van der Waals surface area contributed by atoms with E-state index in [9.17, 15) is 0 Å². The summed E-state index contributed by atoms with van der Waals surface area (Å²) in [6, 6.07) is 4.11. The van der Waals surface area contributed by atoms with Crippen molar-refractivity contribution in [3.8, 4) is 0 Å². The quantitative estimate of drug-likeness (QED) is 0.820. The summed E-state index contributed by atoms with van der Waals surface area (Å²) in [5.74, 6) is 0. The molecule has 3 nitrogen and oxygen atoms in total. The summed E-state index contributed by atoms with van der Waals surface area (Å²) in [6.45, 7) is 10.6. The molecular formula is C14H21N3. The molecule has 92 valence electrons. The van der Waals surface area contributed by atoms with Crippen LogP contribution in [0, 0.1) is 6.92 Å². The normalized spacial score (nSPS) is 14.2. The first kappa shape index (κ1) is 12.1. The van der Waals surface area contributed by atoms with Crippen LogP contribution in [0.15, 0.2) is 18.3 Å². The Morgan fingerprint density at radius 1 is 1.35 bits per heavy atom. The van der Waals surface area contributed by atoms with E-state index in [0.717, 1.165) is 17.0 Å². The first-order chi connectivity index (χ1) is 7.82. The number of pyridine rings is 1. The molecule has 0 fully saturated rings. The molecule has 0 aliphatic rings. The van der Waals surface area contributed by atoms with E-state index >= 15 is 0 Å². The SMILES string of the molecule is Cc1cccn2c(C(C)N)c(C(C)(C)C)nc12. The second-order valence-electron chi connectivity index (χ2n) is 5.77. The van der Waals surface area contributed by atoms with Crippen LogP contribution in [0.5, 0.6) is 0 Å². The van der Waals surface area contributed by atoms with Crippen molar-refractivity contribution in [1.29, 1.82) is 0 Å². The lowest BCUT2D eigenvalue weighted by molar-refractivity contribution is 0.555. The average Bonchev–Trinajstić information content (AvgIpc) is 2.57. The predicted octanol–water partition coefficient (Wildman–Crippen LogP) is 2.96. The van der Waals surface area contributed by atoms with Gasteiger partial charge < -0.3 is 10.1 Å². The first-order valence-corrected chi connectivity index (χ1v) is 6.06. The summed E-state index contributed by atoms with van der Waals surface area (Å²) in [7, 11) is 0. The Hall–Kier alpha value is -1.35. The molecule has 0 saturated carbocycles. The first-order valence-electron chi connectivity index (χ1n) is 6.06. The Kier molecular flexibility index (Phi) is 2.74. The van der Waals surface area contributed by atoms with Crippen LogP contribution in [0.25, 0.3) is 5.65 Å². The van der Waals surface area contributed by atoms with E-state index < -0.39 is 0 Å². The van der Waals surface area contributed by atoms with Crippen molar-refractivity contribution in [1.82, 2.24) is 9.38 Å². The fourth-order valence-corrected chi connectivity index (χ4v) is 2.21. The number of rotatable bonds is 1. The summed E-state index contributed by atoms with van der Waals surface area (Å²) in [4.78, 5) is 4.79. The van der Waals surface area contributed by atoms with Crippen LogP contribution >= 0.6 is 0 Å². The maximum absolute atomic E-state index is 6.11. The number of imidazole rings is 1. The molecule has 0 radical (unpaired) electrons. The molecular weight excluding hydrogens is 210 g/mol. The molecule has 3 heteroatoms. The molecule has 1 unspecified atom stereocenters. The van der Waals surface area contributed by atoms with Crippen molar-refractivity contribution < 1.29 is 0 Å². The summed E-state index contributed by atoms with van der Waals surface area (Å²) >= 11 is 0. The summed E-state index contributed by atoms with van der Waals surface area (Å²) in [5, 5.41) is 0. The molecule has 0 saturated heterocycles. The number of fused-ring (bicyclic) bond motifs is 1. The van der Waals surface area contributed by atoms with Gasteiger partial charge in [-0.25, -0.2) is 4.98 Å². The Labute approximate surface area is 103 Å². The van der Waals surface area contributed by atoms with Gasteiger partial charge in [-0.05, 0) is 25.5 Å². The summed E-state index contributed by atoms with van der Waals surface area (Å²) < 4.78 is 2.13. The smallest absolute Gasteiger partial charge is 0.140 e. The van der Waals surface area contributed by atoms with E-state index in [-0.39, 0.29) is 11.5 Å². The maximum Gasteiger partial charge on any atom is 0.140 e. The van der Waals surface area contributed by atoms with Gasteiger partial charge in [-0.2, -0.15) is 0 Å². The summed E-state index contributed by atoms with van der Waals surface area (Å²) in [6.07, 6.45) is 2.04. The molecule has 0 spiro atoms. The molecule has 2 rings (SSSR count). The standard InChI is InChI=1S/C14H21N3/c1-9-7-6-8-17-11(10(2)15)12(14(3,4)5)16-13(9)17/h6-8,10H,15H2,1-5H3. The van der Waals surface area contributed by atoms with Crippen molar-refractivity contribution in [3.63, 3.8) is 0 Å². The third-order valence-electron chi connectivity index (χ3n) is 3.02. The van der Waals surface area contributed by atoms with Gasteiger partial charge in [0.15, 0.2) is 0 Å². The lowest BCUT2D eigenvalue weighted by Gasteiger charge is -2.19. The van der Waals surface area contributed by atoms with E-state index in [1.807, 2.05) is 19.2 Å². The summed E-state index contributed by atoms with van der Waals surface area (Å²) in [5.41, 5.74) is 10.6. The Morgan fingerprint density at radius 2 is 2.00 bits per heavy atom. The highest BCUT2D eigenvalue weighted by molar-refractivity contribution is 5.51. The van der Waals surface area contributed by atoms with Crippen LogP contribution in [0.4, 0.5) is 0 Å².